The highest BCUT2D eigenvalue weighted by molar-refractivity contribution is 5.70. The number of quaternary nitrogens is 1. The Morgan fingerprint density at radius 2 is 0.836 bits per heavy atom. The topological polar surface area (TPSA) is 102 Å². The van der Waals surface area contributed by atoms with Gasteiger partial charge in [-0.05, 0) is 83.5 Å². The fourth-order valence-electron chi connectivity index (χ4n) is 7.86. The van der Waals surface area contributed by atoms with Crippen LogP contribution in [0.4, 0.5) is 0 Å². The number of ether oxygens (including phenoxy) is 3. The SMILES string of the molecule is CC/C=C/C/C=C/C/C=C/C/C=C/C/C=C/CCCCCCCCC(=O)OC(COCCC(C(=O)[O-])[N+](C)(C)C)COC(=O)CCCCCCCCC/C=C/CCCCCCCCCCCC. The molecule has 0 bridgehead atoms. The second kappa shape index (κ2) is 49.2. The maximum Gasteiger partial charge on any atom is 0.306 e. The van der Waals surface area contributed by atoms with Crippen LogP contribution in [0.5, 0.6) is 0 Å². The Morgan fingerprint density at radius 3 is 1.25 bits per heavy atom. The quantitative estimate of drug-likeness (QED) is 0.0259. The van der Waals surface area contributed by atoms with E-state index in [2.05, 4.69) is 86.8 Å². The lowest BCUT2D eigenvalue weighted by atomic mass is 10.1. The molecule has 0 aromatic heterocycles. The van der Waals surface area contributed by atoms with Crippen LogP contribution in [0.25, 0.3) is 0 Å². The Kier molecular flexibility index (Phi) is 46.8. The summed E-state index contributed by atoms with van der Waals surface area (Å²) in [5, 5.41) is 11.7. The number of carboxylic acid groups (broad SMARTS) is 1. The Bertz CT molecular complexity index is 1320. The van der Waals surface area contributed by atoms with E-state index in [1.54, 1.807) is 21.1 Å². The van der Waals surface area contributed by atoms with Gasteiger partial charge in [-0.15, -0.1) is 0 Å². The van der Waals surface area contributed by atoms with Gasteiger partial charge < -0.3 is 28.6 Å². The number of aliphatic carboxylic acids is 1. The van der Waals surface area contributed by atoms with Crippen molar-refractivity contribution in [2.45, 2.75) is 244 Å². The van der Waals surface area contributed by atoms with E-state index in [4.69, 9.17) is 14.2 Å². The van der Waals surface area contributed by atoms with Crippen molar-refractivity contribution in [1.82, 2.24) is 0 Å². The molecule has 0 aliphatic carbocycles. The molecule has 0 fully saturated rings. The van der Waals surface area contributed by atoms with Gasteiger partial charge in [-0.25, -0.2) is 0 Å². The summed E-state index contributed by atoms with van der Waals surface area (Å²) in [7, 11) is 5.41. The number of unbranched alkanes of at least 4 members (excludes halogenated alkanes) is 23. The van der Waals surface area contributed by atoms with Crippen molar-refractivity contribution in [2.75, 3.05) is 41.0 Å². The highest BCUT2D eigenvalue weighted by atomic mass is 16.6. The van der Waals surface area contributed by atoms with Gasteiger partial charge >= 0.3 is 11.9 Å². The number of hydrogen-bond donors (Lipinski definition) is 0. The Morgan fingerprint density at radius 1 is 0.463 bits per heavy atom. The molecule has 2 unspecified atom stereocenters. The summed E-state index contributed by atoms with van der Waals surface area (Å²) in [6.07, 6.45) is 63.6. The molecule has 67 heavy (non-hydrogen) atoms. The lowest BCUT2D eigenvalue weighted by molar-refractivity contribution is -0.889. The maximum atomic E-state index is 12.8. The van der Waals surface area contributed by atoms with Gasteiger partial charge in [0.05, 0.1) is 40.3 Å². The molecule has 0 spiro atoms. The first-order valence-electron chi connectivity index (χ1n) is 27.5. The van der Waals surface area contributed by atoms with E-state index in [-0.39, 0.29) is 42.7 Å². The summed E-state index contributed by atoms with van der Waals surface area (Å²) in [5.74, 6) is -1.76. The number of esters is 2. The minimum Gasteiger partial charge on any atom is -0.544 e. The van der Waals surface area contributed by atoms with Crippen LogP contribution in [0.15, 0.2) is 72.9 Å². The molecule has 0 aromatic rings. The van der Waals surface area contributed by atoms with Crippen LogP contribution in [0.2, 0.25) is 0 Å². The molecular formula is C59H103NO7. The number of carbonyl (C=O) groups is 3. The molecule has 0 aliphatic heterocycles. The van der Waals surface area contributed by atoms with E-state index in [9.17, 15) is 19.5 Å². The molecule has 0 amide bonds. The predicted octanol–water partition coefficient (Wildman–Crippen LogP) is 14.9. The molecule has 386 valence electrons. The van der Waals surface area contributed by atoms with Gasteiger partial charge in [-0.1, -0.05) is 202 Å². The van der Waals surface area contributed by atoms with E-state index < -0.39 is 18.1 Å². The smallest absolute Gasteiger partial charge is 0.306 e. The summed E-state index contributed by atoms with van der Waals surface area (Å²) in [5.41, 5.74) is 0. The highest BCUT2D eigenvalue weighted by Gasteiger charge is 2.25. The molecule has 0 radical (unpaired) electrons. The van der Waals surface area contributed by atoms with Crippen LogP contribution in [-0.4, -0.2) is 75.5 Å². The van der Waals surface area contributed by atoms with Gasteiger partial charge in [0, 0.05) is 19.3 Å². The van der Waals surface area contributed by atoms with Crippen LogP contribution < -0.4 is 5.11 Å². The van der Waals surface area contributed by atoms with Gasteiger partial charge in [0.2, 0.25) is 0 Å². The highest BCUT2D eigenvalue weighted by Crippen LogP contribution is 2.15. The predicted molar refractivity (Wildman–Crippen MR) is 282 cm³/mol. The molecule has 0 rings (SSSR count). The summed E-state index contributed by atoms with van der Waals surface area (Å²) in [6.45, 7) is 4.55. The summed E-state index contributed by atoms with van der Waals surface area (Å²) >= 11 is 0. The minimum absolute atomic E-state index is 0.0307. The lowest BCUT2D eigenvalue weighted by Crippen LogP contribution is -2.55. The third-order valence-corrected chi connectivity index (χ3v) is 12.1. The van der Waals surface area contributed by atoms with E-state index >= 15 is 0 Å². The third-order valence-electron chi connectivity index (χ3n) is 12.1. The molecule has 2 atom stereocenters. The molecule has 0 aromatic carbocycles. The molecule has 0 aliphatic rings. The zero-order valence-electron chi connectivity index (χ0n) is 44.1. The van der Waals surface area contributed by atoms with Crippen molar-refractivity contribution in [3.8, 4) is 0 Å². The number of nitrogens with zero attached hydrogens (tertiary/aromatic N) is 1. The first-order valence-corrected chi connectivity index (χ1v) is 27.5. The first kappa shape index (κ1) is 63.8. The second-order valence-corrected chi connectivity index (χ2v) is 19.4. The first-order chi connectivity index (χ1) is 32.6. The van der Waals surface area contributed by atoms with Crippen molar-refractivity contribution >= 4 is 17.9 Å². The molecule has 0 saturated heterocycles. The molecule has 8 heteroatoms. The zero-order valence-corrected chi connectivity index (χ0v) is 44.1. The number of hydrogen-bond acceptors (Lipinski definition) is 7. The van der Waals surface area contributed by atoms with E-state index in [1.165, 1.54) is 116 Å². The third kappa shape index (κ3) is 47.6. The van der Waals surface area contributed by atoms with Gasteiger partial charge in [0.15, 0.2) is 6.10 Å². The van der Waals surface area contributed by atoms with Crippen LogP contribution in [0.1, 0.15) is 232 Å². The molecule has 0 heterocycles. The van der Waals surface area contributed by atoms with Crippen molar-refractivity contribution in [1.29, 1.82) is 0 Å². The van der Waals surface area contributed by atoms with E-state index in [1.807, 2.05) is 0 Å². The molecule has 0 N–H and O–H groups in total. The maximum absolute atomic E-state index is 12.8. The normalized spacial score (nSPS) is 13.4. The number of carbonyl (C=O) groups excluding carboxylic acids is 3. The monoisotopic (exact) mass is 938 g/mol. The van der Waals surface area contributed by atoms with Crippen molar-refractivity contribution in [2.24, 2.45) is 0 Å². The van der Waals surface area contributed by atoms with Crippen LogP contribution in [-0.2, 0) is 28.6 Å². The van der Waals surface area contributed by atoms with Crippen molar-refractivity contribution in [3.05, 3.63) is 72.9 Å². The number of carboxylic acids is 1. The number of rotatable bonds is 49. The standard InChI is InChI=1S/C59H103NO7/c1-6-8-10-12-14-16-18-20-22-24-26-28-30-32-34-36-38-40-42-44-46-48-50-58(62)67-55(53-65-52-51-56(59(63)64)60(3,4)5)54-66-57(61)49-47-45-43-41-39-37-35-33-31-29-27-25-23-21-19-17-15-13-11-9-7-2/h8,10,14,16,20,22,26,28-29,31-32,34,55-56H,6-7,9,11-13,15,17-19,21,23-25,27,30,33,35-54H2,1-5H3/b10-8+,16-14+,22-20+,28-26+,31-29+,34-32+. The summed E-state index contributed by atoms with van der Waals surface area (Å²) < 4.78 is 17.3. The van der Waals surface area contributed by atoms with Crippen molar-refractivity contribution < 1.29 is 38.2 Å². The largest absolute Gasteiger partial charge is 0.544 e. The summed E-state index contributed by atoms with van der Waals surface area (Å²) in [4.78, 5) is 37.1. The van der Waals surface area contributed by atoms with Gasteiger partial charge in [-0.3, -0.25) is 9.59 Å². The average molecular weight is 938 g/mol. The molecule has 0 saturated carbocycles. The Labute approximate surface area is 412 Å². The van der Waals surface area contributed by atoms with Crippen LogP contribution in [0.3, 0.4) is 0 Å². The lowest BCUT2D eigenvalue weighted by Gasteiger charge is -2.34. The van der Waals surface area contributed by atoms with Gasteiger partial charge in [0.25, 0.3) is 0 Å². The summed E-state index contributed by atoms with van der Waals surface area (Å²) in [6, 6.07) is -0.733. The molecular weight excluding hydrogens is 835 g/mol. The van der Waals surface area contributed by atoms with E-state index in [0.717, 1.165) is 83.5 Å². The van der Waals surface area contributed by atoms with Crippen LogP contribution in [0, 0.1) is 0 Å². The van der Waals surface area contributed by atoms with Crippen molar-refractivity contribution in [3.63, 3.8) is 0 Å². The fourth-order valence-corrected chi connectivity index (χ4v) is 7.86. The molecule has 8 nitrogen and oxygen atoms in total. The van der Waals surface area contributed by atoms with E-state index in [0.29, 0.717) is 12.8 Å². The number of allylic oxidation sites excluding steroid dienone is 12. The minimum atomic E-state index is -1.13. The average Bonchev–Trinajstić information content (AvgIpc) is 3.29. The van der Waals surface area contributed by atoms with Crippen LogP contribution >= 0.6 is 0 Å². The second-order valence-electron chi connectivity index (χ2n) is 19.4. The Hall–Kier alpha value is -3.23. The fraction of sp³-hybridized carbons (Fsp3) is 0.746. The zero-order chi connectivity index (χ0) is 49.2. The van der Waals surface area contributed by atoms with Gasteiger partial charge in [0.1, 0.15) is 12.6 Å². The Balaban J connectivity index is 4.25. The van der Waals surface area contributed by atoms with Gasteiger partial charge in [-0.2, -0.15) is 0 Å². The number of likely N-dealkylation sites (N-methyl/N-ethyl adjacent to an activating group) is 1.